The number of rotatable bonds is 9. The molecule has 1 N–H and O–H groups in total. The number of anilines is 2. The lowest BCUT2D eigenvalue weighted by atomic mass is 10.2. The number of amides is 1. The highest BCUT2D eigenvalue weighted by molar-refractivity contribution is 7.92. The molecule has 0 aliphatic rings. The molecule has 0 spiro atoms. The number of hydrogen-bond acceptors (Lipinski definition) is 5. The Bertz CT molecular complexity index is 1160. The van der Waals surface area contributed by atoms with Crippen LogP contribution in [0.5, 0.6) is 11.5 Å². The van der Waals surface area contributed by atoms with Crippen LogP contribution >= 0.6 is 0 Å². The Morgan fingerprint density at radius 1 is 0.938 bits per heavy atom. The third-order valence-electron chi connectivity index (χ3n) is 4.88. The fourth-order valence-corrected chi connectivity index (χ4v) is 4.61. The highest BCUT2D eigenvalue weighted by atomic mass is 32.2. The summed E-state index contributed by atoms with van der Waals surface area (Å²) in [4.78, 5) is 12.9. The van der Waals surface area contributed by atoms with Gasteiger partial charge in [0.05, 0.1) is 30.5 Å². The first-order valence-corrected chi connectivity index (χ1v) is 11.5. The molecule has 0 atom stereocenters. The second-order valence-electron chi connectivity index (χ2n) is 7.09. The van der Waals surface area contributed by atoms with Gasteiger partial charge in [0.15, 0.2) is 0 Å². The minimum absolute atomic E-state index is 0.0294. The molecule has 0 bridgehead atoms. The highest BCUT2D eigenvalue weighted by Crippen LogP contribution is 2.29. The summed E-state index contributed by atoms with van der Waals surface area (Å²) in [5.41, 5.74) is 1.89. The summed E-state index contributed by atoms with van der Waals surface area (Å²) >= 11 is 0. The quantitative estimate of drug-likeness (QED) is 0.523. The molecule has 0 saturated carbocycles. The van der Waals surface area contributed by atoms with Gasteiger partial charge in [0, 0.05) is 19.0 Å². The van der Waals surface area contributed by atoms with Gasteiger partial charge in [-0.1, -0.05) is 35.9 Å². The van der Waals surface area contributed by atoms with E-state index in [2.05, 4.69) is 5.32 Å². The minimum atomic E-state index is -3.85. The first-order valence-electron chi connectivity index (χ1n) is 10.0. The second-order valence-corrected chi connectivity index (χ2v) is 8.95. The molecule has 8 heteroatoms. The average Bonchev–Trinajstić information content (AvgIpc) is 2.80. The van der Waals surface area contributed by atoms with Crippen LogP contribution in [0.3, 0.4) is 0 Å². The predicted octanol–water partition coefficient (Wildman–Crippen LogP) is 4.24. The lowest BCUT2D eigenvalue weighted by Crippen LogP contribution is -2.34. The molecule has 0 heterocycles. The molecule has 168 valence electrons. The van der Waals surface area contributed by atoms with Crippen molar-refractivity contribution in [2.24, 2.45) is 0 Å². The molecule has 0 unspecified atom stereocenters. The molecule has 0 aromatic heterocycles. The minimum Gasteiger partial charge on any atom is -0.497 e. The van der Waals surface area contributed by atoms with Gasteiger partial charge in [-0.3, -0.25) is 9.10 Å². The Morgan fingerprint density at radius 2 is 1.62 bits per heavy atom. The van der Waals surface area contributed by atoms with E-state index in [0.717, 1.165) is 5.56 Å². The molecule has 0 fully saturated rings. The molecule has 7 nitrogen and oxygen atoms in total. The van der Waals surface area contributed by atoms with Crippen LogP contribution in [-0.2, 0) is 14.8 Å². The maximum Gasteiger partial charge on any atom is 0.264 e. The molecule has 0 aliphatic heterocycles. The van der Waals surface area contributed by atoms with Crippen molar-refractivity contribution in [2.75, 3.05) is 30.4 Å². The van der Waals surface area contributed by atoms with Gasteiger partial charge in [-0.2, -0.15) is 0 Å². The molecule has 0 aliphatic carbocycles. The van der Waals surface area contributed by atoms with Gasteiger partial charge in [-0.15, -0.1) is 0 Å². The lowest BCUT2D eigenvalue weighted by molar-refractivity contribution is -0.116. The van der Waals surface area contributed by atoms with E-state index in [4.69, 9.17) is 9.47 Å². The zero-order valence-electron chi connectivity index (χ0n) is 18.2. The van der Waals surface area contributed by atoms with E-state index in [1.165, 1.54) is 18.5 Å². The Hall–Kier alpha value is -3.52. The topological polar surface area (TPSA) is 84.9 Å². The number of carbonyl (C=O) groups excluding carboxylic acids is 1. The van der Waals surface area contributed by atoms with Crippen LogP contribution in [0, 0.1) is 6.92 Å². The van der Waals surface area contributed by atoms with Crippen molar-refractivity contribution in [3.05, 3.63) is 78.4 Å². The van der Waals surface area contributed by atoms with Gasteiger partial charge < -0.3 is 14.8 Å². The summed E-state index contributed by atoms with van der Waals surface area (Å²) in [7, 11) is -0.823. The fourth-order valence-electron chi connectivity index (χ4n) is 3.15. The summed E-state index contributed by atoms with van der Waals surface area (Å²) in [5, 5.41) is 2.78. The summed E-state index contributed by atoms with van der Waals surface area (Å²) < 4.78 is 38.4. The highest BCUT2D eigenvalue weighted by Gasteiger charge is 2.25. The summed E-state index contributed by atoms with van der Waals surface area (Å²) in [6.07, 6.45) is -0.0552. The first kappa shape index (κ1) is 23.1. The number of sulfonamides is 1. The molecule has 32 heavy (non-hydrogen) atoms. The summed E-state index contributed by atoms with van der Waals surface area (Å²) in [6, 6.07) is 20.4. The van der Waals surface area contributed by atoms with E-state index >= 15 is 0 Å². The number of aryl methyl sites for hydroxylation is 1. The van der Waals surface area contributed by atoms with Gasteiger partial charge in [-0.05, 0) is 43.3 Å². The van der Waals surface area contributed by atoms with Crippen LogP contribution in [0.4, 0.5) is 11.4 Å². The average molecular weight is 455 g/mol. The van der Waals surface area contributed by atoms with Crippen molar-refractivity contribution in [3.63, 3.8) is 0 Å². The molecule has 3 aromatic carbocycles. The van der Waals surface area contributed by atoms with Crippen LogP contribution < -0.4 is 19.1 Å². The predicted molar refractivity (Wildman–Crippen MR) is 125 cm³/mol. The monoisotopic (exact) mass is 454 g/mol. The van der Waals surface area contributed by atoms with Gasteiger partial charge in [0.1, 0.15) is 11.5 Å². The Morgan fingerprint density at radius 3 is 2.25 bits per heavy atom. The first-order chi connectivity index (χ1) is 15.3. The molecule has 3 aromatic rings. The molecule has 0 saturated heterocycles. The third-order valence-corrected chi connectivity index (χ3v) is 6.72. The van der Waals surface area contributed by atoms with Crippen molar-refractivity contribution in [1.29, 1.82) is 0 Å². The maximum atomic E-state index is 13.4. The normalized spacial score (nSPS) is 11.0. The Labute approximate surface area is 188 Å². The van der Waals surface area contributed by atoms with E-state index in [1.54, 1.807) is 66.7 Å². The van der Waals surface area contributed by atoms with Gasteiger partial charge >= 0.3 is 0 Å². The summed E-state index contributed by atoms with van der Waals surface area (Å²) in [6.45, 7) is 1.86. The number of nitrogens with one attached hydrogen (secondary N) is 1. The number of carbonyl (C=O) groups is 1. The van der Waals surface area contributed by atoms with Crippen LogP contribution in [0.25, 0.3) is 0 Å². The number of ether oxygens (including phenoxy) is 2. The largest absolute Gasteiger partial charge is 0.497 e. The fraction of sp³-hybridized carbons (Fsp3) is 0.208. The smallest absolute Gasteiger partial charge is 0.264 e. The van der Waals surface area contributed by atoms with Gasteiger partial charge in [-0.25, -0.2) is 8.42 Å². The van der Waals surface area contributed by atoms with E-state index in [1.807, 2.05) is 13.0 Å². The summed E-state index contributed by atoms with van der Waals surface area (Å²) in [5.74, 6) is 0.692. The Kier molecular flexibility index (Phi) is 7.37. The Balaban J connectivity index is 1.82. The van der Waals surface area contributed by atoms with Crippen molar-refractivity contribution in [1.82, 2.24) is 0 Å². The molecule has 3 rings (SSSR count). The second kappa shape index (κ2) is 10.2. The van der Waals surface area contributed by atoms with Crippen molar-refractivity contribution < 1.29 is 22.7 Å². The van der Waals surface area contributed by atoms with Crippen LogP contribution in [0.15, 0.2) is 77.7 Å². The molecular formula is C24H26N2O5S. The van der Waals surface area contributed by atoms with Crippen LogP contribution in [-0.4, -0.2) is 35.1 Å². The number of methoxy groups -OCH3 is 2. The number of para-hydroxylation sites is 1. The van der Waals surface area contributed by atoms with Crippen LogP contribution in [0.1, 0.15) is 12.0 Å². The van der Waals surface area contributed by atoms with E-state index in [0.29, 0.717) is 22.9 Å². The number of benzene rings is 3. The lowest BCUT2D eigenvalue weighted by Gasteiger charge is -2.24. The van der Waals surface area contributed by atoms with E-state index in [-0.39, 0.29) is 23.8 Å². The molecular weight excluding hydrogens is 428 g/mol. The van der Waals surface area contributed by atoms with Crippen LogP contribution in [0.2, 0.25) is 0 Å². The zero-order chi connectivity index (χ0) is 23.1. The van der Waals surface area contributed by atoms with E-state index < -0.39 is 10.0 Å². The molecule has 1 amide bonds. The standard InChI is InChI=1S/C24H26N2O5S/c1-18-9-12-21(13-10-18)32(28,29)26(19-7-5-4-6-8-19)16-15-24(27)25-22-17-20(30-2)11-14-23(22)31-3/h4-14,17H,15-16H2,1-3H3,(H,25,27). The molecule has 0 radical (unpaired) electrons. The van der Waals surface area contributed by atoms with E-state index in [9.17, 15) is 13.2 Å². The number of nitrogens with zero attached hydrogens (tertiary/aromatic N) is 1. The van der Waals surface area contributed by atoms with Crippen molar-refractivity contribution >= 4 is 27.3 Å². The van der Waals surface area contributed by atoms with Crippen molar-refractivity contribution in [2.45, 2.75) is 18.2 Å². The third kappa shape index (κ3) is 5.39. The maximum absolute atomic E-state index is 13.4. The van der Waals surface area contributed by atoms with Gasteiger partial charge in [0.25, 0.3) is 10.0 Å². The van der Waals surface area contributed by atoms with Crippen molar-refractivity contribution in [3.8, 4) is 11.5 Å². The van der Waals surface area contributed by atoms with Gasteiger partial charge in [0.2, 0.25) is 5.91 Å². The number of hydrogen-bond donors (Lipinski definition) is 1. The SMILES string of the molecule is COc1ccc(OC)c(NC(=O)CCN(c2ccccc2)S(=O)(=O)c2ccc(C)cc2)c1. The zero-order valence-corrected chi connectivity index (χ0v) is 19.1.